The zero-order chi connectivity index (χ0) is 7.98. The van der Waals surface area contributed by atoms with Gasteiger partial charge in [0.1, 0.15) is 0 Å². The van der Waals surface area contributed by atoms with E-state index in [1.807, 2.05) is 0 Å². The summed E-state index contributed by atoms with van der Waals surface area (Å²) in [4.78, 5) is 10.4. The molecule has 0 saturated carbocycles. The number of hydrogen-bond acceptors (Lipinski definition) is 3. The normalized spacial score (nSPS) is 12.7. The molecule has 1 unspecified atom stereocenters. The Hall–Kier alpha value is -0.640. The van der Waals surface area contributed by atoms with Crippen LogP contribution in [0.3, 0.4) is 0 Å². The average molecular weight is 150 g/mol. The molecule has 0 rings (SSSR count). The highest BCUT2D eigenvalue weighted by atomic mass is 19.1. The molecule has 0 amide bonds. The molecule has 0 radical (unpaired) electrons. The fourth-order valence-corrected chi connectivity index (χ4v) is 0.422. The SMILES string of the molecule is CCOC(=O)C(F)OCC. The summed E-state index contributed by atoms with van der Waals surface area (Å²) < 4.78 is 20.9. The number of esters is 1. The average Bonchev–Trinajstić information content (AvgIpc) is 1.89. The van der Waals surface area contributed by atoms with Crippen molar-refractivity contribution in [1.29, 1.82) is 0 Å². The van der Waals surface area contributed by atoms with Crippen LogP contribution in [0.4, 0.5) is 4.39 Å². The van der Waals surface area contributed by atoms with E-state index in [-0.39, 0.29) is 13.2 Å². The van der Waals surface area contributed by atoms with Crippen molar-refractivity contribution in [3.8, 4) is 0 Å². The van der Waals surface area contributed by atoms with E-state index in [1.54, 1.807) is 13.8 Å². The molecule has 0 aliphatic carbocycles. The smallest absolute Gasteiger partial charge is 0.368 e. The van der Waals surface area contributed by atoms with Crippen LogP contribution in [0.1, 0.15) is 13.8 Å². The number of alkyl halides is 1. The Morgan fingerprint density at radius 1 is 1.50 bits per heavy atom. The Balaban J connectivity index is 3.49. The molecule has 10 heavy (non-hydrogen) atoms. The van der Waals surface area contributed by atoms with Crippen LogP contribution in [0.2, 0.25) is 0 Å². The highest BCUT2D eigenvalue weighted by molar-refractivity contribution is 5.72. The summed E-state index contributed by atoms with van der Waals surface area (Å²) in [6.07, 6.45) is -1.93. The Kier molecular flexibility index (Phi) is 4.84. The molecule has 4 heteroatoms. The van der Waals surface area contributed by atoms with E-state index in [9.17, 15) is 9.18 Å². The quantitative estimate of drug-likeness (QED) is 0.558. The third-order valence-corrected chi connectivity index (χ3v) is 0.785. The van der Waals surface area contributed by atoms with Crippen molar-refractivity contribution >= 4 is 5.97 Å². The van der Waals surface area contributed by atoms with Crippen LogP contribution in [-0.2, 0) is 14.3 Å². The summed E-state index contributed by atoms with van der Waals surface area (Å²) in [5.74, 6) is -0.954. The standard InChI is InChI=1S/C6H11FO3/c1-3-9-5(7)6(8)10-4-2/h5H,3-4H2,1-2H3. The van der Waals surface area contributed by atoms with Gasteiger partial charge in [-0.1, -0.05) is 0 Å². The number of carbonyl (C=O) groups excluding carboxylic acids is 1. The molecule has 0 N–H and O–H groups in total. The number of carbonyl (C=O) groups is 1. The maximum Gasteiger partial charge on any atom is 0.368 e. The van der Waals surface area contributed by atoms with Crippen LogP contribution in [0.15, 0.2) is 0 Å². The zero-order valence-corrected chi connectivity index (χ0v) is 6.09. The van der Waals surface area contributed by atoms with Gasteiger partial charge in [-0.2, -0.15) is 0 Å². The molecule has 3 nitrogen and oxygen atoms in total. The van der Waals surface area contributed by atoms with Crippen LogP contribution >= 0.6 is 0 Å². The van der Waals surface area contributed by atoms with E-state index in [2.05, 4.69) is 9.47 Å². The second kappa shape index (κ2) is 5.17. The van der Waals surface area contributed by atoms with Gasteiger partial charge in [-0.05, 0) is 13.8 Å². The van der Waals surface area contributed by atoms with Gasteiger partial charge in [0.05, 0.1) is 6.61 Å². The lowest BCUT2D eigenvalue weighted by molar-refractivity contribution is -0.168. The van der Waals surface area contributed by atoms with Crippen molar-refractivity contribution < 1.29 is 18.7 Å². The Morgan fingerprint density at radius 3 is 2.50 bits per heavy atom. The molecule has 1 atom stereocenters. The molecule has 0 fully saturated rings. The fourth-order valence-electron chi connectivity index (χ4n) is 0.422. The molecule has 0 bridgehead atoms. The first-order valence-corrected chi connectivity index (χ1v) is 3.14. The third-order valence-electron chi connectivity index (χ3n) is 0.785. The van der Waals surface area contributed by atoms with E-state index in [4.69, 9.17) is 0 Å². The molecule has 0 spiro atoms. The van der Waals surface area contributed by atoms with E-state index in [1.165, 1.54) is 0 Å². The molecule has 0 aliphatic rings. The molecule has 0 aromatic heterocycles. The lowest BCUT2D eigenvalue weighted by Crippen LogP contribution is -2.21. The maximum absolute atomic E-state index is 12.3. The molecule has 60 valence electrons. The lowest BCUT2D eigenvalue weighted by atomic mass is 10.6. The topological polar surface area (TPSA) is 35.5 Å². The van der Waals surface area contributed by atoms with Gasteiger partial charge in [-0.3, -0.25) is 0 Å². The summed E-state index contributed by atoms with van der Waals surface area (Å²) in [7, 11) is 0. The molecule has 0 saturated heterocycles. The summed E-state index contributed by atoms with van der Waals surface area (Å²) in [6.45, 7) is 3.55. The Bertz CT molecular complexity index is 105. The maximum atomic E-state index is 12.3. The van der Waals surface area contributed by atoms with Crippen molar-refractivity contribution in [2.24, 2.45) is 0 Å². The number of ether oxygens (including phenoxy) is 2. The van der Waals surface area contributed by atoms with Crippen LogP contribution in [-0.4, -0.2) is 25.5 Å². The molecule has 0 aromatic rings. The van der Waals surface area contributed by atoms with Crippen molar-refractivity contribution in [2.75, 3.05) is 13.2 Å². The first-order valence-electron chi connectivity index (χ1n) is 3.14. The third kappa shape index (κ3) is 3.40. The number of halogens is 1. The minimum Gasteiger partial charge on any atom is -0.462 e. The monoisotopic (exact) mass is 150 g/mol. The van der Waals surface area contributed by atoms with E-state index in [0.717, 1.165) is 0 Å². The minimum atomic E-state index is -1.93. The van der Waals surface area contributed by atoms with Crippen LogP contribution in [0, 0.1) is 0 Å². The van der Waals surface area contributed by atoms with Gasteiger partial charge < -0.3 is 9.47 Å². The summed E-state index contributed by atoms with van der Waals surface area (Å²) in [6, 6.07) is 0. The van der Waals surface area contributed by atoms with Crippen molar-refractivity contribution in [3.63, 3.8) is 0 Å². The fraction of sp³-hybridized carbons (Fsp3) is 0.833. The lowest BCUT2D eigenvalue weighted by Gasteiger charge is -2.05. The zero-order valence-electron chi connectivity index (χ0n) is 6.09. The Labute approximate surface area is 59.1 Å². The first-order chi connectivity index (χ1) is 4.72. The predicted molar refractivity (Wildman–Crippen MR) is 33.2 cm³/mol. The van der Waals surface area contributed by atoms with E-state index in [0.29, 0.717) is 0 Å². The number of hydrogen-bond donors (Lipinski definition) is 0. The van der Waals surface area contributed by atoms with Gasteiger partial charge in [0.15, 0.2) is 0 Å². The van der Waals surface area contributed by atoms with Crippen LogP contribution < -0.4 is 0 Å². The van der Waals surface area contributed by atoms with Crippen LogP contribution in [0.5, 0.6) is 0 Å². The Morgan fingerprint density at radius 2 is 2.10 bits per heavy atom. The number of rotatable bonds is 4. The highest BCUT2D eigenvalue weighted by Crippen LogP contribution is 1.96. The predicted octanol–water partition coefficient (Wildman–Crippen LogP) is 0.882. The first kappa shape index (κ1) is 9.36. The van der Waals surface area contributed by atoms with E-state index < -0.39 is 12.3 Å². The summed E-state index contributed by atoms with van der Waals surface area (Å²) in [5, 5.41) is 0. The highest BCUT2D eigenvalue weighted by Gasteiger charge is 2.17. The van der Waals surface area contributed by atoms with E-state index >= 15 is 0 Å². The van der Waals surface area contributed by atoms with Crippen molar-refractivity contribution in [1.82, 2.24) is 0 Å². The second-order valence-electron chi connectivity index (χ2n) is 1.52. The van der Waals surface area contributed by atoms with Gasteiger partial charge in [0.2, 0.25) is 0 Å². The van der Waals surface area contributed by atoms with Gasteiger partial charge in [-0.25, -0.2) is 9.18 Å². The van der Waals surface area contributed by atoms with Crippen LogP contribution in [0.25, 0.3) is 0 Å². The van der Waals surface area contributed by atoms with Gasteiger partial charge >= 0.3 is 5.97 Å². The minimum absolute atomic E-state index is 0.167. The van der Waals surface area contributed by atoms with Gasteiger partial charge in [-0.15, -0.1) is 0 Å². The molecular weight excluding hydrogens is 139 g/mol. The molecule has 0 heterocycles. The molecular formula is C6H11FO3. The van der Waals surface area contributed by atoms with Crippen molar-refractivity contribution in [2.45, 2.75) is 20.2 Å². The largest absolute Gasteiger partial charge is 0.462 e. The second-order valence-corrected chi connectivity index (χ2v) is 1.52. The van der Waals surface area contributed by atoms with Gasteiger partial charge in [0.25, 0.3) is 6.36 Å². The van der Waals surface area contributed by atoms with Crippen molar-refractivity contribution in [3.05, 3.63) is 0 Å². The van der Waals surface area contributed by atoms with Gasteiger partial charge in [0, 0.05) is 6.61 Å². The summed E-state index contributed by atoms with van der Waals surface area (Å²) >= 11 is 0. The molecule has 0 aromatic carbocycles. The molecule has 0 aliphatic heterocycles. The summed E-state index contributed by atoms with van der Waals surface area (Å²) in [5.41, 5.74) is 0.